The fourth-order valence-corrected chi connectivity index (χ4v) is 4.00. The van der Waals surface area contributed by atoms with Crippen molar-refractivity contribution in [2.75, 3.05) is 0 Å². The van der Waals surface area contributed by atoms with Crippen molar-refractivity contribution in [3.63, 3.8) is 0 Å². The van der Waals surface area contributed by atoms with Gasteiger partial charge < -0.3 is 13.7 Å². The van der Waals surface area contributed by atoms with Crippen LogP contribution in [0.5, 0.6) is 0 Å². The Morgan fingerprint density at radius 3 is 2.80 bits per heavy atom. The van der Waals surface area contributed by atoms with Crippen LogP contribution in [0, 0.1) is 0 Å². The first kappa shape index (κ1) is 22.3. The minimum absolute atomic E-state index is 0.0566. The molecule has 4 heterocycles. The monoisotopic (exact) mass is 478 g/mol. The molecule has 0 aliphatic rings. The minimum atomic E-state index is -0.700. The molecule has 0 saturated carbocycles. The topological polar surface area (TPSA) is 147 Å². The van der Waals surface area contributed by atoms with Crippen molar-refractivity contribution in [1.82, 2.24) is 28.7 Å². The van der Waals surface area contributed by atoms with Gasteiger partial charge in [-0.25, -0.2) is 14.8 Å². The number of esters is 1. The van der Waals surface area contributed by atoms with Crippen LogP contribution < -0.4 is 16.8 Å². The van der Waals surface area contributed by atoms with Gasteiger partial charge in [-0.2, -0.15) is 0 Å². The summed E-state index contributed by atoms with van der Waals surface area (Å²) in [6, 6.07) is 7.15. The number of para-hydroxylation sites is 1. The minimum Gasteiger partial charge on any atom is -0.456 e. The molecule has 0 spiro atoms. The number of furan rings is 1. The van der Waals surface area contributed by atoms with Crippen LogP contribution in [0.1, 0.15) is 25.6 Å². The Labute approximate surface area is 196 Å². The number of unbranched alkanes of at least 4 members (excludes halogenated alkanes) is 1. The van der Waals surface area contributed by atoms with Crippen LogP contribution in [0.25, 0.3) is 33.2 Å². The molecule has 0 amide bonds. The van der Waals surface area contributed by atoms with E-state index in [9.17, 15) is 19.2 Å². The Balaban J connectivity index is 1.38. The first-order valence-corrected chi connectivity index (χ1v) is 11.1. The number of aromatic nitrogens is 6. The Kier molecular flexibility index (Phi) is 5.55. The molecular weight excluding hydrogens is 456 g/mol. The van der Waals surface area contributed by atoms with Gasteiger partial charge in [-0.05, 0) is 18.6 Å². The maximum absolute atomic E-state index is 12.8. The predicted octanol–water partition coefficient (Wildman–Crippen LogP) is 1.42. The fraction of sp³-hybridized carbons (Fsp3) is 0.304. The van der Waals surface area contributed by atoms with Crippen molar-refractivity contribution in [3.05, 3.63) is 67.6 Å². The Morgan fingerprint density at radius 2 is 2.00 bits per heavy atom. The van der Waals surface area contributed by atoms with Gasteiger partial charge in [0.15, 0.2) is 11.2 Å². The van der Waals surface area contributed by atoms with Crippen LogP contribution in [-0.2, 0) is 36.3 Å². The number of hydrogen-bond donors (Lipinski definition) is 1. The van der Waals surface area contributed by atoms with Crippen molar-refractivity contribution in [1.29, 1.82) is 0 Å². The second kappa shape index (κ2) is 8.70. The third-order valence-corrected chi connectivity index (χ3v) is 5.85. The van der Waals surface area contributed by atoms with Crippen LogP contribution in [-0.4, -0.2) is 34.6 Å². The first-order chi connectivity index (χ1) is 16.9. The number of benzene rings is 1. The van der Waals surface area contributed by atoms with Crippen LogP contribution in [0.3, 0.4) is 0 Å². The van der Waals surface area contributed by atoms with Crippen molar-refractivity contribution < 1.29 is 13.9 Å². The van der Waals surface area contributed by atoms with Crippen molar-refractivity contribution in [2.24, 2.45) is 7.05 Å². The molecular formula is C23H22N6O6. The van der Waals surface area contributed by atoms with Gasteiger partial charge in [0.05, 0.1) is 6.33 Å². The molecule has 12 heteroatoms. The average molecular weight is 478 g/mol. The van der Waals surface area contributed by atoms with Gasteiger partial charge in [-0.1, -0.05) is 25.5 Å². The van der Waals surface area contributed by atoms with E-state index in [4.69, 9.17) is 9.15 Å². The maximum atomic E-state index is 12.8. The molecule has 35 heavy (non-hydrogen) atoms. The molecule has 12 nitrogen and oxygen atoms in total. The maximum Gasteiger partial charge on any atom is 0.330 e. The van der Waals surface area contributed by atoms with E-state index in [1.54, 1.807) is 25.2 Å². The summed E-state index contributed by atoms with van der Waals surface area (Å²) in [6.07, 6.45) is 2.87. The lowest BCUT2D eigenvalue weighted by molar-refractivity contribution is -0.146. The highest BCUT2D eigenvalue weighted by Gasteiger charge is 2.19. The largest absolute Gasteiger partial charge is 0.456 e. The van der Waals surface area contributed by atoms with Crippen molar-refractivity contribution in [3.8, 4) is 0 Å². The summed E-state index contributed by atoms with van der Waals surface area (Å²) >= 11 is 0. The third kappa shape index (κ3) is 3.82. The number of rotatable bonds is 7. The number of carbonyl (C=O) groups excluding carboxylic acids is 1. The van der Waals surface area contributed by atoms with E-state index in [0.717, 1.165) is 17.4 Å². The van der Waals surface area contributed by atoms with Gasteiger partial charge in [-0.15, -0.1) is 0 Å². The summed E-state index contributed by atoms with van der Waals surface area (Å²) in [5.41, 5.74) is -0.152. The normalized spacial score (nSPS) is 11.6. The van der Waals surface area contributed by atoms with Crippen LogP contribution in [0.4, 0.5) is 0 Å². The van der Waals surface area contributed by atoms with Gasteiger partial charge in [0.2, 0.25) is 5.58 Å². The second-order valence-corrected chi connectivity index (χ2v) is 8.14. The van der Waals surface area contributed by atoms with Crippen LogP contribution in [0.15, 0.2) is 49.4 Å². The van der Waals surface area contributed by atoms with E-state index in [1.807, 2.05) is 13.0 Å². The highest BCUT2D eigenvalue weighted by atomic mass is 16.5. The molecule has 1 aromatic carbocycles. The number of nitrogens with one attached hydrogen (secondary N) is 1. The molecule has 5 aromatic rings. The third-order valence-electron chi connectivity index (χ3n) is 5.85. The van der Waals surface area contributed by atoms with E-state index in [2.05, 4.69) is 15.0 Å². The first-order valence-electron chi connectivity index (χ1n) is 11.1. The van der Waals surface area contributed by atoms with Crippen molar-refractivity contribution in [2.45, 2.75) is 39.5 Å². The molecule has 180 valence electrons. The second-order valence-electron chi connectivity index (χ2n) is 8.14. The zero-order chi connectivity index (χ0) is 24.7. The smallest absolute Gasteiger partial charge is 0.330 e. The zero-order valence-corrected chi connectivity index (χ0v) is 19.1. The summed E-state index contributed by atoms with van der Waals surface area (Å²) in [4.78, 5) is 60.9. The molecule has 5 rings (SSSR count). The number of imidazole rings is 1. The molecule has 0 unspecified atom stereocenters. The zero-order valence-electron chi connectivity index (χ0n) is 19.1. The number of hydrogen-bond acceptors (Lipinski definition) is 8. The van der Waals surface area contributed by atoms with E-state index in [0.29, 0.717) is 23.0 Å². The van der Waals surface area contributed by atoms with Crippen molar-refractivity contribution >= 4 is 39.2 Å². The molecule has 0 fully saturated rings. The van der Waals surface area contributed by atoms with Gasteiger partial charge in [0, 0.05) is 19.0 Å². The van der Waals surface area contributed by atoms with Gasteiger partial charge in [0.25, 0.3) is 11.1 Å². The quantitative estimate of drug-likeness (QED) is 0.346. The Bertz CT molecular complexity index is 1770. The van der Waals surface area contributed by atoms with Gasteiger partial charge in [-0.3, -0.25) is 28.5 Å². The predicted molar refractivity (Wildman–Crippen MR) is 126 cm³/mol. The molecule has 0 radical (unpaired) electrons. The molecule has 4 aromatic heterocycles. The lowest BCUT2D eigenvalue weighted by Gasteiger charge is -2.06. The highest BCUT2D eigenvalue weighted by molar-refractivity contribution is 6.01. The molecule has 0 saturated heterocycles. The van der Waals surface area contributed by atoms with E-state index in [1.165, 1.54) is 15.5 Å². The van der Waals surface area contributed by atoms with E-state index < -0.39 is 22.8 Å². The average Bonchev–Trinajstić information content (AvgIpc) is 3.38. The molecule has 1 N–H and O–H groups in total. The highest BCUT2D eigenvalue weighted by Crippen LogP contribution is 2.24. The number of aryl methyl sites for hydroxylation is 2. The molecule has 0 aliphatic heterocycles. The number of nitrogens with zero attached hydrogens (tertiary/aromatic N) is 5. The Hall–Kier alpha value is -4.48. The number of H-pyrrole nitrogens is 1. The summed E-state index contributed by atoms with van der Waals surface area (Å²) < 4.78 is 14.9. The number of fused-ring (bicyclic) bond motifs is 4. The molecule has 0 aliphatic carbocycles. The summed E-state index contributed by atoms with van der Waals surface area (Å²) in [6.45, 7) is 1.76. The van der Waals surface area contributed by atoms with Gasteiger partial charge in [0.1, 0.15) is 30.1 Å². The number of ether oxygens (including phenoxy) is 1. The molecule has 0 bridgehead atoms. The number of carbonyl (C=O) groups is 1. The summed E-state index contributed by atoms with van der Waals surface area (Å²) in [7, 11) is 1.60. The van der Waals surface area contributed by atoms with E-state index >= 15 is 0 Å². The SMILES string of the molecule is CCCCn1c(=O)[nH]c(=O)c2c1nc(COC(=O)Cn1cnc3c(oc4ccccc43)c1=O)n2C. The van der Waals surface area contributed by atoms with Crippen LogP contribution in [0.2, 0.25) is 0 Å². The van der Waals surface area contributed by atoms with Crippen LogP contribution >= 0.6 is 0 Å². The lowest BCUT2D eigenvalue weighted by atomic mass is 10.2. The lowest BCUT2D eigenvalue weighted by Crippen LogP contribution is -2.31. The summed E-state index contributed by atoms with van der Waals surface area (Å²) in [5.74, 6) is -0.415. The summed E-state index contributed by atoms with van der Waals surface area (Å²) in [5, 5.41) is 0.712. The standard InChI is InChI=1S/C23H22N6O6/c1-3-4-9-29-20-18(21(31)26-23(29)33)27(2)15(25-20)11-34-16(30)10-28-12-24-17-13-7-5-6-8-14(13)35-19(17)22(28)32/h5-8,12H,3-4,9-11H2,1-2H3,(H,26,31,33). The number of aromatic amines is 1. The Morgan fingerprint density at radius 1 is 1.20 bits per heavy atom. The van der Waals surface area contributed by atoms with E-state index in [-0.39, 0.29) is 35.7 Å². The molecule has 0 atom stereocenters. The van der Waals surface area contributed by atoms with Gasteiger partial charge >= 0.3 is 11.7 Å². The fourth-order valence-electron chi connectivity index (χ4n) is 4.00.